The summed E-state index contributed by atoms with van der Waals surface area (Å²) < 4.78 is 24.2. The molecule has 126 valence electrons. The molecule has 0 spiro atoms. The maximum Gasteiger partial charge on any atom is 0.357 e. The Bertz CT molecular complexity index is 830. The molecular weight excluding hydrogens is 405 g/mol. The van der Waals surface area contributed by atoms with Gasteiger partial charge in [0.15, 0.2) is 23.1 Å². The van der Waals surface area contributed by atoms with Crippen molar-refractivity contribution < 1.29 is 18.7 Å². The fourth-order valence-corrected chi connectivity index (χ4v) is 2.47. The van der Waals surface area contributed by atoms with Crippen molar-refractivity contribution >= 4 is 45.4 Å². The van der Waals surface area contributed by atoms with E-state index in [1.54, 1.807) is 0 Å². The van der Waals surface area contributed by atoms with Gasteiger partial charge < -0.3 is 15.2 Å². The number of carbonyl (C=O) groups excluding carboxylic acids is 1. The predicted molar refractivity (Wildman–Crippen MR) is 92.7 cm³/mol. The highest BCUT2D eigenvalue weighted by molar-refractivity contribution is 9.11. The van der Waals surface area contributed by atoms with E-state index in [1.165, 1.54) is 37.4 Å². The van der Waals surface area contributed by atoms with Crippen LogP contribution in [0.4, 0.5) is 10.2 Å². The fraction of sp³-hybridized carbons (Fsp3) is 0.133. The van der Waals surface area contributed by atoms with Gasteiger partial charge in [0.1, 0.15) is 5.82 Å². The summed E-state index contributed by atoms with van der Waals surface area (Å²) >= 11 is 8.96. The first kappa shape index (κ1) is 18.2. The third kappa shape index (κ3) is 3.34. The van der Waals surface area contributed by atoms with Crippen molar-refractivity contribution in [1.29, 1.82) is 0 Å². The molecule has 0 saturated heterocycles. The third-order valence-corrected chi connectivity index (χ3v) is 3.64. The van der Waals surface area contributed by atoms with Crippen molar-refractivity contribution in [3.8, 4) is 17.1 Å². The first-order chi connectivity index (χ1) is 11.4. The lowest BCUT2D eigenvalue weighted by Crippen LogP contribution is -2.12. The average Bonchev–Trinajstić information content (AvgIpc) is 2.56. The molecule has 0 radical (unpaired) electrons. The molecule has 1 heterocycles. The molecule has 2 rings (SSSR count). The molecule has 0 atom stereocenters. The number of halogens is 3. The van der Waals surface area contributed by atoms with Gasteiger partial charge in [-0.05, 0) is 23.2 Å². The van der Waals surface area contributed by atoms with Crippen LogP contribution in [0.5, 0.6) is 5.75 Å². The fourth-order valence-electron chi connectivity index (χ4n) is 1.98. The van der Waals surface area contributed by atoms with E-state index >= 15 is 0 Å². The molecule has 0 aliphatic heterocycles. The number of nitrogens with two attached hydrogens (primary N) is 1. The van der Waals surface area contributed by atoms with Gasteiger partial charge in [-0.2, -0.15) is 0 Å². The van der Waals surface area contributed by atoms with Gasteiger partial charge in [0.05, 0.1) is 30.4 Å². The smallest absolute Gasteiger partial charge is 0.357 e. The number of carbonyl (C=O) groups is 1. The molecule has 0 fully saturated rings. The quantitative estimate of drug-likeness (QED) is 0.765. The first-order valence-corrected chi connectivity index (χ1v) is 7.78. The minimum absolute atomic E-state index is 0.00980. The Labute approximate surface area is 150 Å². The molecule has 0 amide bonds. The van der Waals surface area contributed by atoms with E-state index in [-0.39, 0.29) is 39.2 Å². The lowest BCUT2D eigenvalue weighted by atomic mass is 10.1. The summed E-state index contributed by atoms with van der Waals surface area (Å²) in [5, 5.41) is 0.0961. The number of esters is 1. The highest BCUT2D eigenvalue weighted by Crippen LogP contribution is 2.34. The van der Waals surface area contributed by atoms with Crippen molar-refractivity contribution in [3.63, 3.8) is 0 Å². The number of nitrogens with zero attached hydrogens (tertiary/aromatic N) is 2. The van der Waals surface area contributed by atoms with Crippen LogP contribution in [0.2, 0.25) is 5.02 Å². The lowest BCUT2D eigenvalue weighted by Gasteiger charge is -2.11. The minimum atomic E-state index is -0.760. The molecule has 0 bridgehead atoms. The van der Waals surface area contributed by atoms with Crippen LogP contribution in [0.25, 0.3) is 17.5 Å². The monoisotopic (exact) mass is 415 g/mol. The molecule has 1 aromatic carbocycles. The Morgan fingerprint density at radius 2 is 2.08 bits per heavy atom. The Balaban J connectivity index is 2.73. The van der Waals surface area contributed by atoms with Crippen LogP contribution in [0.1, 0.15) is 16.1 Å². The Hall–Kier alpha value is -2.19. The standard InChI is InChI=1S/C15H12BrClFN3O3/c1-23-12-9(17)4-3-7(10(12)18)14-20-11(15(22)24-2)8(5-6-16)13(19)21-14/h3-6H,1-2H3,(H2,19,20,21). The summed E-state index contributed by atoms with van der Waals surface area (Å²) in [6.07, 6.45) is 1.49. The van der Waals surface area contributed by atoms with E-state index < -0.39 is 11.8 Å². The maximum atomic E-state index is 14.5. The van der Waals surface area contributed by atoms with Crippen molar-refractivity contribution in [2.24, 2.45) is 0 Å². The Morgan fingerprint density at radius 1 is 1.38 bits per heavy atom. The number of nitrogen functional groups attached to an aromatic ring is 1. The van der Waals surface area contributed by atoms with Crippen LogP contribution in [-0.2, 0) is 4.74 Å². The Morgan fingerprint density at radius 3 is 2.67 bits per heavy atom. The van der Waals surface area contributed by atoms with E-state index in [0.717, 1.165) is 0 Å². The van der Waals surface area contributed by atoms with E-state index in [9.17, 15) is 9.18 Å². The van der Waals surface area contributed by atoms with Crippen LogP contribution in [0, 0.1) is 5.82 Å². The third-order valence-electron chi connectivity index (χ3n) is 3.08. The summed E-state index contributed by atoms with van der Waals surface area (Å²) in [7, 11) is 2.49. The maximum absolute atomic E-state index is 14.5. The number of benzene rings is 1. The lowest BCUT2D eigenvalue weighted by molar-refractivity contribution is 0.0593. The normalized spacial score (nSPS) is 10.9. The van der Waals surface area contributed by atoms with Crippen LogP contribution in [0.3, 0.4) is 0 Å². The number of hydrogen-bond donors (Lipinski definition) is 1. The van der Waals surface area contributed by atoms with E-state index in [4.69, 9.17) is 22.1 Å². The van der Waals surface area contributed by atoms with E-state index in [0.29, 0.717) is 0 Å². The number of rotatable bonds is 4. The van der Waals surface area contributed by atoms with Gasteiger partial charge in [-0.1, -0.05) is 27.5 Å². The molecule has 24 heavy (non-hydrogen) atoms. The number of ether oxygens (including phenoxy) is 2. The Kier molecular flexibility index (Phi) is 5.74. The van der Waals surface area contributed by atoms with Gasteiger partial charge in [-0.15, -0.1) is 0 Å². The van der Waals surface area contributed by atoms with E-state index in [2.05, 4.69) is 30.6 Å². The second-order valence-corrected chi connectivity index (χ2v) is 5.36. The van der Waals surface area contributed by atoms with Crippen molar-refractivity contribution in [1.82, 2.24) is 9.97 Å². The highest BCUT2D eigenvalue weighted by atomic mass is 79.9. The number of anilines is 1. The molecule has 0 saturated carbocycles. The zero-order valence-corrected chi connectivity index (χ0v) is 15.0. The molecule has 9 heteroatoms. The average molecular weight is 417 g/mol. The molecule has 0 aliphatic carbocycles. The molecule has 0 unspecified atom stereocenters. The zero-order valence-electron chi connectivity index (χ0n) is 12.6. The van der Waals surface area contributed by atoms with Gasteiger partial charge in [0.25, 0.3) is 0 Å². The molecule has 2 N–H and O–H groups in total. The summed E-state index contributed by atoms with van der Waals surface area (Å²) in [5.41, 5.74) is 6.03. The van der Waals surface area contributed by atoms with Crippen molar-refractivity contribution in [2.45, 2.75) is 0 Å². The van der Waals surface area contributed by atoms with Gasteiger partial charge in [0, 0.05) is 0 Å². The second kappa shape index (κ2) is 7.59. The summed E-state index contributed by atoms with van der Waals surface area (Å²) in [4.78, 5) is 21.6. The van der Waals surface area contributed by atoms with Crippen LogP contribution in [-0.4, -0.2) is 30.2 Å². The zero-order chi connectivity index (χ0) is 17.9. The van der Waals surface area contributed by atoms with Crippen LogP contribution >= 0.6 is 27.5 Å². The van der Waals surface area contributed by atoms with Gasteiger partial charge in [0.2, 0.25) is 0 Å². The first-order valence-electron chi connectivity index (χ1n) is 6.49. The molecular formula is C15H12BrClFN3O3. The van der Waals surface area contributed by atoms with Gasteiger partial charge in [-0.25, -0.2) is 19.2 Å². The van der Waals surface area contributed by atoms with E-state index in [1.807, 2.05) is 0 Å². The van der Waals surface area contributed by atoms with Crippen LogP contribution in [0.15, 0.2) is 17.1 Å². The van der Waals surface area contributed by atoms with Crippen molar-refractivity contribution in [2.75, 3.05) is 20.0 Å². The largest absolute Gasteiger partial charge is 0.492 e. The predicted octanol–water partition coefficient (Wildman–Crippen LogP) is 3.68. The summed E-state index contributed by atoms with van der Waals surface area (Å²) in [5.74, 6) is -1.74. The molecule has 1 aromatic heterocycles. The number of hydrogen-bond acceptors (Lipinski definition) is 6. The topological polar surface area (TPSA) is 87.3 Å². The molecule has 2 aromatic rings. The van der Waals surface area contributed by atoms with Gasteiger partial charge in [-0.3, -0.25) is 0 Å². The SMILES string of the molecule is COC(=O)c1nc(-c2ccc(Cl)c(OC)c2F)nc(N)c1C=CBr. The summed E-state index contributed by atoms with van der Waals surface area (Å²) in [6.45, 7) is 0. The minimum Gasteiger partial charge on any atom is -0.492 e. The van der Waals surface area contributed by atoms with Gasteiger partial charge >= 0.3 is 5.97 Å². The molecule has 6 nitrogen and oxygen atoms in total. The highest BCUT2D eigenvalue weighted by Gasteiger charge is 2.22. The van der Waals surface area contributed by atoms with Crippen molar-refractivity contribution in [3.05, 3.63) is 39.2 Å². The van der Waals surface area contributed by atoms with Crippen LogP contribution < -0.4 is 10.5 Å². The number of aromatic nitrogens is 2. The summed E-state index contributed by atoms with van der Waals surface area (Å²) in [6, 6.07) is 2.80. The second-order valence-electron chi connectivity index (χ2n) is 4.42. The molecule has 0 aliphatic rings. The number of methoxy groups -OCH3 is 2.